The van der Waals surface area contributed by atoms with Gasteiger partial charge in [0.2, 0.25) is 5.91 Å². The Bertz CT molecular complexity index is 686. The largest absolute Gasteiger partial charge is 0.507 e. The quantitative estimate of drug-likeness (QED) is 0.910. The molecule has 0 aliphatic rings. The molecular formula is C16H15FN2O3. The Kier molecular flexibility index (Phi) is 4.73. The monoisotopic (exact) mass is 302 g/mol. The molecule has 0 heterocycles. The second-order valence-corrected chi connectivity index (χ2v) is 4.73. The van der Waals surface area contributed by atoms with E-state index in [1.54, 1.807) is 12.1 Å². The van der Waals surface area contributed by atoms with Gasteiger partial charge in [-0.05, 0) is 36.4 Å². The van der Waals surface area contributed by atoms with E-state index in [0.717, 1.165) is 0 Å². The van der Waals surface area contributed by atoms with E-state index in [0.29, 0.717) is 5.69 Å². The van der Waals surface area contributed by atoms with Crippen molar-refractivity contribution in [1.82, 2.24) is 4.90 Å². The lowest BCUT2D eigenvalue weighted by molar-refractivity contribution is -0.116. The lowest BCUT2D eigenvalue weighted by atomic mass is 10.2. The summed E-state index contributed by atoms with van der Waals surface area (Å²) in [6.45, 7) is -0.190. The first-order valence-electron chi connectivity index (χ1n) is 6.56. The van der Waals surface area contributed by atoms with Gasteiger partial charge in [0.1, 0.15) is 11.6 Å². The van der Waals surface area contributed by atoms with E-state index in [2.05, 4.69) is 5.32 Å². The highest BCUT2D eigenvalue weighted by molar-refractivity contribution is 6.00. The van der Waals surface area contributed by atoms with Crippen molar-refractivity contribution in [1.29, 1.82) is 0 Å². The minimum atomic E-state index is -0.465. The zero-order valence-electron chi connectivity index (χ0n) is 11.9. The van der Waals surface area contributed by atoms with Gasteiger partial charge in [-0.25, -0.2) is 4.39 Å². The summed E-state index contributed by atoms with van der Waals surface area (Å²) in [5, 5.41) is 12.2. The van der Waals surface area contributed by atoms with Crippen LogP contribution >= 0.6 is 0 Å². The molecule has 5 nitrogen and oxygen atoms in total. The van der Waals surface area contributed by atoms with E-state index in [4.69, 9.17) is 0 Å². The summed E-state index contributed by atoms with van der Waals surface area (Å²) in [4.78, 5) is 25.2. The SMILES string of the molecule is CN(CC(=O)Nc1ccc(F)cc1)C(=O)c1ccccc1O. The molecule has 0 unspecified atom stereocenters. The van der Waals surface area contributed by atoms with Crippen LogP contribution in [0.3, 0.4) is 0 Å². The third-order valence-corrected chi connectivity index (χ3v) is 2.99. The van der Waals surface area contributed by atoms with Crippen molar-refractivity contribution >= 4 is 17.5 Å². The number of carbonyl (C=O) groups is 2. The van der Waals surface area contributed by atoms with Gasteiger partial charge >= 0.3 is 0 Å². The van der Waals surface area contributed by atoms with Crippen LogP contribution in [0.15, 0.2) is 48.5 Å². The number of hydrogen-bond acceptors (Lipinski definition) is 3. The van der Waals surface area contributed by atoms with Crippen LogP contribution in [0.4, 0.5) is 10.1 Å². The third kappa shape index (κ3) is 3.82. The molecule has 0 fully saturated rings. The van der Waals surface area contributed by atoms with Crippen molar-refractivity contribution in [2.75, 3.05) is 18.9 Å². The summed E-state index contributed by atoms with van der Waals surface area (Å²) in [5.41, 5.74) is 0.564. The number of phenols is 1. The Morgan fingerprint density at radius 1 is 1.14 bits per heavy atom. The number of amides is 2. The van der Waals surface area contributed by atoms with E-state index in [-0.39, 0.29) is 17.9 Å². The fourth-order valence-electron chi connectivity index (χ4n) is 1.88. The van der Waals surface area contributed by atoms with Gasteiger partial charge in [-0.2, -0.15) is 0 Å². The van der Waals surface area contributed by atoms with Crippen LogP contribution in [0.5, 0.6) is 5.75 Å². The highest BCUT2D eigenvalue weighted by atomic mass is 19.1. The first-order valence-corrected chi connectivity index (χ1v) is 6.56. The second kappa shape index (κ2) is 6.71. The molecule has 2 amide bonds. The maximum absolute atomic E-state index is 12.8. The van der Waals surface area contributed by atoms with Crippen LogP contribution in [-0.4, -0.2) is 35.4 Å². The van der Waals surface area contributed by atoms with Crippen LogP contribution in [0, 0.1) is 5.82 Å². The molecule has 6 heteroatoms. The lowest BCUT2D eigenvalue weighted by Gasteiger charge is -2.17. The van der Waals surface area contributed by atoms with Gasteiger partial charge in [0, 0.05) is 12.7 Å². The zero-order valence-corrected chi connectivity index (χ0v) is 11.9. The maximum atomic E-state index is 12.8. The average molecular weight is 302 g/mol. The molecule has 0 aliphatic heterocycles. The smallest absolute Gasteiger partial charge is 0.257 e. The van der Waals surface area contributed by atoms with Crippen molar-refractivity contribution in [3.63, 3.8) is 0 Å². The molecule has 2 aromatic carbocycles. The fraction of sp³-hybridized carbons (Fsp3) is 0.125. The van der Waals surface area contributed by atoms with Gasteiger partial charge < -0.3 is 15.3 Å². The zero-order chi connectivity index (χ0) is 16.1. The van der Waals surface area contributed by atoms with Gasteiger partial charge in [0.25, 0.3) is 5.91 Å². The highest BCUT2D eigenvalue weighted by Crippen LogP contribution is 2.17. The minimum absolute atomic E-state index is 0.125. The molecule has 0 saturated carbocycles. The molecule has 0 spiro atoms. The van der Waals surface area contributed by atoms with Crippen molar-refractivity contribution in [3.05, 3.63) is 59.9 Å². The summed E-state index contributed by atoms with van der Waals surface area (Å²) in [6.07, 6.45) is 0. The Morgan fingerprint density at radius 3 is 2.41 bits per heavy atom. The van der Waals surface area contributed by atoms with Crippen molar-refractivity contribution < 1.29 is 19.1 Å². The molecule has 2 aromatic rings. The predicted molar refractivity (Wildman–Crippen MR) is 80.1 cm³/mol. The van der Waals surface area contributed by atoms with Crippen molar-refractivity contribution in [2.24, 2.45) is 0 Å². The van der Waals surface area contributed by atoms with Gasteiger partial charge in [-0.15, -0.1) is 0 Å². The van der Waals surface area contributed by atoms with E-state index in [1.165, 1.54) is 48.3 Å². The van der Waals surface area contributed by atoms with E-state index in [1.807, 2.05) is 0 Å². The molecule has 0 saturated heterocycles. The Balaban J connectivity index is 1.97. The predicted octanol–water partition coefficient (Wildman–Crippen LogP) is 2.24. The molecule has 0 atom stereocenters. The summed E-state index contributed by atoms with van der Waals surface area (Å²) >= 11 is 0. The molecule has 0 aliphatic carbocycles. The highest BCUT2D eigenvalue weighted by Gasteiger charge is 2.17. The minimum Gasteiger partial charge on any atom is -0.507 e. The molecular weight excluding hydrogens is 287 g/mol. The second-order valence-electron chi connectivity index (χ2n) is 4.73. The lowest BCUT2D eigenvalue weighted by Crippen LogP contribution is -2.34. The van der Waals surface area contributed by atoms with Crippen LogP contribution in [-0.2, 0) is 4.79 Å². The normalized spacial score (nSPS) is 10.1. The van der Waals surface area contributed by atoms with E-state index in [9.17, 15) is 19.1 Å². The number of anilines is 1. The number of phenolic OH excluding ortho intramolecular Hbond substituents is 1. The van der Waals surface area contributed by atoms with Crippen molar-refractivity contribution in [2.45, 2.75) is 0 Å². The summed E-state index contributed by atoms with van der Waals surface area (Å²) in [7, 11) is 1.46. The van der Waals surface area contributed by atoms with Crippen molar-refractivity contribution in [3.8, 4) is 5.75 Å². The number of halogens is 1. The van der Waals surface area contributed by atoms with Crippen LogP contribution in [0.2, 0.25) is 0 Å². The third-order valence-electron chi connectivity index (χ3n) is 2.99. The first-order chi connectivity index (χ1) is 10.5. The Morgan fingerprint density at radius 2 is 1.77 bits per heavy atom. The number of likely N-dealkylation sites (N-methyl/N-ethyl adjacent to an activating group) is 1. The number of carbonyl (C=O) groups excluding carboxylic acids is 2. The molecule has 22 heavy (non-hydrogen) atoms. The van der Waals surface area contributed by atoms with E-state index >= 15 is 0 Å². The number of nitrogens with zero attached hydrogens (tertiary/aromatic N) is 1. The number of rotatable bonds is 4. The Hall–Kier alpha value is -2.89. The Labute approximate surface area is 127 Å². The van der Waals surface area contributed by atoms with Crippen LogP contribution < -0.4 is 5.32 Å². The number of benzene rings is 2. The summed E-state index contributed by atoms with van der Waals surface area (Å²) < 4.78 is 12.8. The molecule has 2 rings (SSSR count). The van der Waals surface area contributed by atoms with E-state index < -0.39 is 17.6 Å². The first kappa shape index (κ1) is 15.5. The molecule has 0 bridgehead atoms. The fourth-order valence-corrected chi connectivity index (χ4v) is 1.88. The number of para-hydroxylation sites is 1. The van der Waals surface area contributed by atoms with Gasteiger partial charge in [0.15, 0.2) is 0 Å². The maximum Gasteiger partial charge on any atom is 0.257 e. The molecule has 114 valence electrons. The van der Waals surface area contributed by atoms with Crippen LogP contribution in [0.1, 0.15) is 10.4 Å². The number of aromatic hydroxyl groups is 1. The molecule has 0 radical (unpaired) electrons. The van der Waals surface area contributed by atoms with Gasteiger partial charge in [-0.1, -0.05) is 12.1 Å². The summed E-state index contributed by atoms with van der Waals surface area (Å²) in [6, 6.07) is 11.4. The number of hydrogen-bond donors (Lipinski definition) is 2. The molecule has 2 N–H and O–H groups in total. The topological polar surface area (TPSA) is 69.6 Å². The van der Waals surface area contributed by atoms with Gasteiger partial charge in [-0.3, -0.25) is 9.59 Å². The van der Waals surface area contributed by atoms with Crippen LogP contribution in [0.25, 0.3) is 0 Å². The molecule has 0 aromatic heterocycles. The number of nitrogens with one attached hydrogen (secondary N) is 1. The standard InChI is InChI=1S/C16H15FN2O3/c1-19(16(22)13-4-2-3-5-14(13)20)10-15(21)18-12-8-6-11(17)7-9-12/h2-9,20H,10H2,1H3,(H,18,21). The van der Waals surface area contributed by atoms with Gasteiger partial charge in [0.05, 0.1) is 12.1 Å². The average Bonchev–Trinajstić information content (AvgIpc) is 2.49. The summed E-state index contributed by atoms with van der Waals surface area (Å²) in [5.74, 6) is -1.42.